The number of carbonyl (C=O) groups excluding carboxylic acids is 1. The Balaban J connectivity index is 0.00000144. The number of rotatable bonds is 3. The minimum absolute atomic E-state index is 0. The lowest BCUT2D eigenvalue weighted by molar-refractivity contribution is 0.103. The predicted octanol–water partition coefficient (Wildman–Crippen LogP) is 0.580. The number of H-pyrrole nitrogens is 1. The highest BCUT2D eigenvalue weighted by molar-refractivity contribution is 8.93. The molecule has 0 atom stereocenters. The first-order chi connectivity index (χ1) is 7.66. The topological polar surface area (TPSA) is 123 Å². The minimum atomic E-state index is -0.245. The zero-order valence-electron chi connectivity index (χ0n) is 8.45. The Morgan fingerprint density at radius 3 is 2.82 bits per heavy atom. The van der Waals surface area contributed by atoms with Gasteiger partial charge in [0.1, 0.15) is 11.4 Å². The van der Waals surface area contributed by atoms with Crippen molar-refractivity contribution in [1.29, 1.82) is 0 Å². The van der Waals surface area contributed by atoms with Gasteiger partial charge in [-0.3, -0.25) is 4.79 Å². The number of thiazole rings is 1. The Bertz CT molecular complexity index is 530. The molecule has 0 aromatic carbocycles. The third-order valence-electron chi connectivity index (χ3n) is 1.69. The SMILES string of the molecule is Br.NC(N)=Nc1nc(C(=O)c2cnc[nH]2)cs1. The van der Waals surface area contributed by atoms with E-state index in [1.165, 1.54) is 23.9 Å². The molecular weight excluding hydrogens is 308 g/mol. The molecule has 0 amide bonds. The van der Waals surface area contributed by atoms with Crippen LogP contribution in [0.5, 0.6) is 0 Å². The molecule has 2 heterocycles. The van der Waals surface area contributed by atoms with Gasteiger partial charge >= 0.3 is 0 Å². The molecule has 9 heteroatoms. The van der Waals surface area contributed by atoms with Gasteiger partial charge in [-0.25, -0.2) is 9.97 Å². The summed E-state index contributed by atoms with van der Waals surface area (Å²) in [7, 11) is 0. The number of hydrogen-bond acceptors (Lipinski definition) is 5. The van der Waals surface area contributed by atoms with Crippen LogP contribution in [0, 0.1) is 0 Å². The summed E-state index contributed by atoms with van der Waals surface area (Å²) >= 11 is 1.19. The van der Waals surface area contributed by atoms with Crippen LogP contribution in [-0.2, 0) is 0 Å². The first kappa shape index (κ1) is 13.3. The smallest absolute Gasteiger partial charge is 0.230 e. The normalized spacial score (nSPS) is 9.41. The molecule has 2 aromatic rings. The van der Waals surface area contributed by atoms with Crippen molar-refractivity contribution in [3.8, 4) is 0 Å². The number of imidazole rings is 1. The lowest BCUT2D eigenvalue weighted by Crippen LogP contribution is -2.21. The Morgan fingerprint density at radius 2 is 2.24 bits per heavy atom. The number of ketones is 1. The summed E-state index contributed by atoms with van der Waals surface area (Å²) in [6.45, 7) is 0. The summed E-state index contributed by atoms with van der Waals surface area (Å²) < 4.78 is 0. The van der Waals surface area contributed by atoms with E-state index in [4.69, 9.17) is 11.5 Å². The average Bonchev–Trinajstić information content (AvgIpc) is 2.84. The minimum Gasteiger partial charge on any atom is -0.370 e. The van der Waals surface area contributed by atoms with Crippen LogP contribution in [0.15, 0.2) is 22.9 Å². The van der Waals surface area contributed by atoms with Crippen LogP contribution < -0.4 is 11.5 Å². The van der Waals surface area contributed by atoms with Gasteiger partial charge in [0.25, 0.3) is 0 Å². The molecular formula is C8H9BrN6OS. The lowest BCUT2D eigenvalue weighted by atomic mass is 10.2. The van der Waals surface area contributed by atoms with Crippen LogP contribution in [0.25, 0.3) is 0 Å². The van der Waals surface area contributed by atoms with Gasteiger partial charge < -0.3 is 16.5 Å². The number of aromatic nitrogens is 3. The summed E-state index contributed by atoms with van der Waals surface area (Å²) in [6, 6.07) is 0. The molecule has 0 radical (unpaired) electrons. The Hall–Kier alpha value is -1.74. The van der Waals surface area contributed by atoms with Crippen molar-refractivity contribution in [3.63, 3.8) is 0 Å². The molecule has 0 aliphatic rings. The second-order valence-corrected chi connectivity index (χ2v) is 3.68. The maximum absolute atomic E-state index is 11.8. The van der Waals surface area contributed by atoms with E-state index in [2.05, 4.69) is 19.9 Å². The number of aromatic amines is 1. The van der Waals surface area contributed by atoms with Crippen LogP contribution >= 0.6 is 28.3 Å². The van der Waals surface area contributed by atoms with Gasteiger partial charge in [-0.15, -0.1) is 28.3 Å². The molecule has 0 saturated heterocycles. The Morgan fingerprint density at radius 1 is 1.47 bits per heavy atom. The van der Waals surface area contributed by atoms with E-state index in [1.807, 2.05) is 0 Å². The summed E-state index contributed by atoms with van der Waals surface area (Å²) in [5, 5.41) is 1.94. The third-order valence-corrected chi connectivity index (χ3v) is 2.43. The van der Waals surface area contributed by atoms with Crippen LogP contribution in [0.1, 0.15) is 16.2 Å². The standard InChI is InChI=1S/C8H8N6OS.BrH/c9-7(10)14-8-13-5(2-16-8)6(15)4-1-11-3-12-4;/h1-3H,(H,11,12)(H4,9,10,13,14);1H. The molecule has 2 rings (SSSR count). The first-order valence-corrected chi connectivity index (χ1v) is 5.13. The van der Waals surface area contributed by atoms with Gasteiger partial charge in [0.2, 0.25) is 10.9 Å². The summed E-state index contributed by atoms with van der Waals surface area (Å²) in [6.07, 6.45) is 2.86. The highest BCUT2D eigenvalue weighted by atomic mass is 79.9. The van der Waals surface area contributed by atoms with Crippen molar-refractivity contribution in [2.75, 3.05) is 0 Å². The van der Waals surface area contributed by atoms with Crippen molar-refractivity contribution in [2.24, 2.45) is 16.5 Å². The van der Waals surface area contributed by atoms with Gasteiger partial charge in [-0.05, 0) is 0 Å². The summed E-state index contributed by atoms with van der Waals surface area (Å²) in [5.74, 6) is -0.333. The summed E-state index contributed by atoms with van der Waals surface area (Å²) in [5.41, 5.74) is 11.1. The van der Waals surface area contributed by atoms with Gasteiger partial charge in [0, 0.05) is 5.38 Å². The van der Waals surface area contributed by atoms with Crippen molar-refractivity contribution < 1.29 is 4.79 Å². The molecule has 0 fully saturated rings. The fraction of sp³-hybridized carbons (Fsp3) is 0. The predicted molar refractivity (Wildman–Crippen MR) is 69.9 cm³/mol. The Kier molecular flexibility index (Phi) is 4.35. The molecule has 7 nitrogen and oxygen atoms in total. The average molecular weight is 317 g/mol. The zero-order valence-corrected chi connectivity index (χ0v) is 11.0. The van der Waals surface area contributed by atoms with E-state index in [1.54, 1.807) is 5.38 Å². The monoisotopic (exact) mass is 316 g/mol. The van der Waals surface area contributed by atoms with Gasteiger partial charge in [-0.1, -0.05) is 0 Å². The largest absolute Gasteiger partial charge is 0.370 e. The van der Waals surface area contributed by atoms with Crippen molar-refractivity contribution >= 4 is 45.2 Å². The van der Waals surface area contributed by atoms with Crippen molar-refractivity contribution in [2.45, 2.75) is 0 Å². The highest BCUT2D eigenvalue weighted by Gasteiger charge is 2.13. The van der Waals surface area contributed by atoms with Crippen LogP contribution in [0.4, 0.5) is 5.13 Å². The number of halogens is 1. The van der Waals surface area contributed by atoms with Gasteiger partial charge in [-0.2, -0.15) is 4.99 Å². The third kappa shape index (κ3) is 3.11. The second kappa shape index (κ2) is 5.55. The molecule has 0 aliphatic heterocycles. The van der Waals surface area contributed by atoms with Gasteiger partial charge in [0.15, 0.2) is 5.96 Å². The van der Waals surface area contributed by atoms with E-state index in [-0.39, 0.29) is 34.4 Å². The molecule has 5 N–H and O–H groups in total. The van der Waals surface area contributed by atoms with Gasteiger partial charge in [0.05, 0.1) is 12.5 Å². The molecule has 2 aromatic heterocycles. The van der Waals surface area contributed by atoms with Crippen molar-refractivity contribution in [3.05, 3.63) is 29.3 Å². The number of hydrogen-bond donors (Lipinski definition) is 3. The first-order valence-electron chi connectivity index (χ1n) is 4.25. The van der Waals surface area contributed by atoms with Crippen LogP contribution in [-0.4, -0.2) is 26.7 Å². The number of carbonyl (C=O) groups is 1. The summed E-state index contributed by atoms with van der Waals surface area (Å²) in [4.78, 5) is 26.0. The maximum atomic E-state index is 11.8. The van der Waals surface area contributed by atoms with E-state index < -0.39 is 0 Å². The Labute approximate surface area is 111 Å². The molecule has 0 saturated carbocycles. The van der Waals surface area contributed by atoms with E-state index >= 15 is 0 Å². The molecule has 17 heavy (non-hydrogen) atoms. The number of nitrogens with zero attached hydrogens (tertiary/aromatic N) is 3. The molecule has 0 unspecified atom stereocenters. The zero-order chi connectivity index (χ0) is 11.5. The molecule has 0 spiro atoms. The fourth-order valence-corrected chi connectivity index (χ4v) is 1.73. The van der Waals surface area contributed by atoms with E-state index in [9.17, 15) is 4.79 Å². The number of nitrogens with two attached hydrogens (primary N) is 2. The maximum Gasteiger partial charge on any atom is 0.230 e. The van der Waals surface area contributed by atoms with Crippen molar-refractivity contribution in [1.82, 2.24) is 15.0 Å². The number of nitrogens with one attached hydrogen (secondary N) is 1. The van der Waals surface area contributed by atoms with Crippen LogP contribution in [0.3, 0.4) is 0 Å². The quantitative estimate of drug-likeness (QED) is 0.434. The lowest BCUT2D eigenvalue weighted by Gasteiger charge is -1.90. The molecule has 0 bridgehead atoms. The van der Waals surface area contributed by atoms with Crippen LogP contribution in [0.2, 0.25) is 0 Å². The number of guanidine groups is 1. The van der Waals surface area contributed by atoms with E-state index in [0.717, 1.165) is 0 Å². The number of aliphatic imine (C=N–C) groups is 1. The highest BCUT2D eigenvalue weighted by Crippen LogP contribution is 2.19. The molecule has 0 aliphatic carbocycles. The molecule has 90 valence electrons. The second-order valence-electron chi connectivity index (χ2n) is 2.85. The van der Waals surface area contributed by atoms with E-state index in [0.29, 0.717) is 10.8 Å². The fourth-order valence-electron chi connectivity index (χ4n) is 1.05.